The molecule has 0 bridgehead atoms. The summed E-state index contributed by atoms with van der Waals surface area (Å²) in [6, 6.07) is 3.65. The molecule has 74 valence electrons. The number of amides is 1. The van der Waals surface area contributed by atoms with Crippen molar-refractivity contribution in [1.82, 2.24) is 10.3 Å². The van der Waals surface area contributed by atoms with E-state index >= 15 is 0 Å². The number of nitrogens with one attached hydrogen (secondary N) is 1. The summed E-state index contributed by atoms with van der Waals surface area (Å²) in [5.41, 5.74) is 0.957. The summed E-state index contributed by atoms with van der Waals surface area (Å²) >= 11 is 0. The fourth-order valence-electron chi connectivity index (χ4n) is 0.942. The molecule has 0 aromatic carbocycles. The zero-order valence-corrected chi connectivity index (χ0v) is 7.43. The molecule has 1 aromatic rings. The molecule has 2 N–H and O–H groups in total. The van der Waals surface area contributed by atoms with E-state index in [-0.39, 0.29) is 0 Å². The van der Waals surface area contributed by atoms with E-state index in [1.807, 2.05) is 6.07 Å². The highest BCUT2D eigenvalue weighted by atomic mass is 16.4. The molecule has 1 aromatic heterocycles. The molecule has 1 rings (SSSR count). The van der Waals surface area contributed by atoms with E-state index in [1.165, 1.54) is 0 Å². The topological polar surface area (TPSA) is 79.3 Å². The molecule has 14 heavy (non-hydrogen) atoms. The minimum absolute atomic E-state index is 0.302. The van der Waals surface area contributed by atoms with Crippen LogP contribution >= 0.6 is 0 Å². The summed E-state index contributed by atoms with van der Waals surface area (Å²) in [5, 5.41) is 10.5. The monoisotopic (exact) mass is 194 g/mol. The minimum atomic E-state index is -1.46. The first kappa shape index (κ1) is 10.2. The third-order valence-corrected chi connectivity index (χ3v) is 1.62. The van der Waals surface area contributed by atoms with Crippen molar-refractivity contribution in [3.05, 3.63) is 30.1 Å². The van der Waals surface area contributed by atoms with Crippen LogP contribution in [0.5, 0.6) is 0 Å². The van der Waals surface area contributed by atoms with Gasteiger partial charge in [0.05, 0.1) is 0 Å². The van der Waals surface area contributed by atoms with Gasteiger partial charge in [0, 0.05) is 18.9 Å². The number of carboxylic acids is 1. The molecule has 1 amide bonds. The van der Waals surface area contributed by atoms with E-state index in [9.17, 15) is 9.59 Å². The molecule has 0 aliphatic carbocycles. The quantitative estimate of drug-likeness (QED) is 0.654. The van der Waals surface area contributed by atoms with Crippen molar-refractivity contribution in [2.45, 2.75) is 6.42 Å². The molecular weight excluding hydrogens is 184 g/mol. The van der Waals surface area contributed by atoms with Gasteiger partial charge in [-0.05, 0) is 18.1 Å². The predicted molar refractivity (Wildman–Crippen MR) is 48.6 cm³/mol. The molecule has 0 aliphatic heterocycles. The fraction of sp³-hybridized carbons (Fsp3) is 0.222. The van der Waals surface area contributed by atoms with Crippen LogP contribution in [0.4, 0.5) is 0 Å². The van der Waals surface area contributed by atoms with Gasteiger partial charge in [0.2, 0.25) is 0 Å². The first-order valence-corrected chi connectivity index (χ1v) is 4.10. The zero-order valence-electron chi connectivity index (χ0n) is 7.43. The standard InChI is InChI=1S/C9H10N2O3/c12-8(9(13)14)11-5-3-7-2-1-4-10-6-7/h1-2,4,6H,3,5H2,(H,11,12)(H,13,14). The van der Waals surface area contributed by atoms with Crippen molar-refractivity contribution in [2.24, 2.45) is 0 Å². The van der Waals surface area contributed by atoms with Gasteiger partial charge in [0.25, 0.3) is 0 Å². The second kappa shape index (κ2) is 4.96. The van der Waals surface area contributed by atoms with Crippen molar-refractivity contribution < 1.29 is 14.7 Å². The molecule has 1 heterocycles. The lowest BCUT2D eigenvalue weighted by Gasteiger charge is -2.01. The Morgan fingerprint density at radius 2 is 2.29 bits per heavy atom. The molecule has 0 spiro atoms. The molecule has 5 heteroatoms. The van der Waals surface area contributed by atoms with Gasteiger partial charge in [-0.15, -0.1) is 0 Å². The average Bonchev–Trinajstić information content (AvgIpc) is 2.19. The number of aromatic nitrogens is 1. The highest BCUT2D eigenvalue weighted by Gasteiger charge is 2.08. The van der Waals surface area contributed by atoms with Gasteiger partial charge in [-0.25, -0.2) is 4.79 Å². The van der Waals surface area contributed by atoms with Crippen molar-refractivity contribution in [3.8, 4) is 0 Å². The van der Waals surface area contributed by atoms with E-state index in [2.05, 4.69) is 10.3 Å². The number of aliphatic carboxylic acids is 1. The molecule has 5 nitrogen and oxygen atoms in total. The van der Waals surface area contributed by atoms with Crippen LogP contribution in [-0.4, -0.2) is 28.5 Å². The molecular formula is C9H10N2O3. The van der Waals surface area contributed by atoms with Crippen LogP contribution < -0.4 is 5.32 Å². The first-order chi connectivity index (χ1) is 6.70. The largest absolute Gasteiger partial charge is 0.474 e. The van der Waals surface area contributed by atoms with Crippen molar-refractivity contribution in [2.75, 3.05) is 6.54 Å². The summed E-state index contributed by atoms with van der Waals surface area (Å²) < 4.78 is 0. The number of nitrogens with zero attached hydrogens (tertiary/aromatic N) is 1. The van der Waals surface area contributed by atoms with Crippen LogP contribution in [0.15, 0.2) is 24.5 Å². The van der Waals surface area contributed by atoms with E-state index in [4.69, 9.17) is 5.11 Å². The Balaban J connectivity index is 2.29. The first-order valence-electron chi connectivity index (χ1n) is 4.10. The van der Waals surface area contributed by atoms with Crippen molar-refractivity contribution in [3.63, 3.8) is 0 Å². The summed E-state index contributed by atoms with van der Waals surface area (Å²) in [5.74, 6) is -2.44. The molecule has 0 atom stereocenters. The molecule has 0 aliphatic rings. The summed E-state index contributed by atoms with van der Waals surface area (Å²) in [6.45, 7) is 0.302. The van der Waals surface area contributed by atoms with E-state index in [0.29, 0.717) is 13.0 Å². The van der Waals surface area contributed by atoms with Gasteiger partial charge in [-0.2, -0.15) is 0 Å². The lowest BCUT2D eigenvalue weighted by molar-refractivity contribution is -0.150. The van der Waals surface area contributed by atoms with Crippen LogP contribution in [0.25, 0.3) is 0 Å². The normalized spacial score (nSPS) is 9.43. The number of carbonyl (C=O) groups excluding carboxylic acids is 1. The smallest absolute Gasteiger partial charge is 0.394 e. The van der Waals surface area contributed by atoms with Crippen LogP contribution in [0.3, 0.4) is 0 Å². The maximum absolute atomic E-state index is 10.6. The molecule has 0 saturated carbocycles. The van der Waals surface area contributed by atoms with Crippen molar-refractivity contribution >= 4 is 11.9 Å². The summed E-state index contributed by atoms with van der Waals surface area (Å²) in [6.07, 6.45) is 3.90. The minimum Gasteiger partial charge on any atom is -0.474 e. The van der Waals surface area contributed by atoms with E-state index < -0.39 is 11.9 Å². The fourth-order valence-corrected chi connectivity index (χ4v) is 0.942. The van der Waals surface area contributed by atoms with Crippen LogP contribution in [0.2, 0.25) is 0 Å². The Labute approximate surface area is 80.8 Å². The van der Waals surface area contributed by atoms with Crippen molar-refractivity contribution in [1.29, 1.82) is 0 Å². The highest BCUT2D eigenvalue weighted by molar-refractivity contribution is 6.31. The lowest BCUT2D eigenvalue weighted by Crippen LogP contribution is -2.32. The summed E-state index contributed by atoms with van der Waals surface area (Å²) in [7, 11) is 0. The maximum Gasteiger partial charge on any atom is 0.394 e. The Morgan fingerprint density at radius 3 is 2.86 bits per heavy atom. The van der Waals surface area contributed by atoms with Crippen LogP contribution in [0, 0.1) is 0 Å². The van der Waals surface area contributed by atoms with Gasteiger partial charge in [0.1, 0.15) is 0 Å². The van der Waals surface area contributed by atoms with Gasteiger partial charge in [0.15, 0.2) is 0 Å². The number of carboxylic acid groups (broad SMARTS) is 1. The molecule has 0 unspecified atom stereocenters. The van der Waals surface area contributed by atoms with E-state index in [1.54, 1.807) is 18.5 Å². The summed E-state index contributed by atoms with van der Waals surface area (Å²) in [4.78, 5) is 24.6. The third kappa shape index (κ3) is 3.22. The van der Waals surface area contributed by atoms with Crippen LogP contribution in [0.1, 0.15) is 5.56 Å². The average molecular weight is 194 g/mol. The molecule has 0 saturated heterocycles. The van der Waals surface area contributed by atoms with Gasteiger partial charge in [-0.3, -0.25) is 9.78 Å². The Morgan fingerprint density at radius 1 is 1.50 bits per heavy atom. The molecule has 0 fully saturated rings. The predicted octanol–water partition coefficient (Wildman–Crippen LogP) is -0.175. The number of carbonyl (C=O) groups is 2. The van der Waals surface area contributed by atoms with Crippen LogP contribution in [-0.2, 0) is 16.0 Å². The number of pyridine rings is 1. The van der Waals surface area contributed by atoms with E-state index in [0.717, 1.165) is 5.56 Å². The second-order valence-electron chi connectivity index (χ2n) is 2.67. The number of rotatable bonds is 3. The SMILES string of the molecule is O=C(O)C(=O)NCCc1cccnc1. The zero-order chi connectivity index (χ0) is 10.4. The third-order valence-electron chi connectivity index (χ3n) is 1.62. The number of hydrogen-bond donors (Lipinski definition) is 2. The Hall–Kier alpha value is -1.91. The van der Waals surface area contributed by atoms with Gasteiger partial charge < -0.3 is 10.4 Å². The van der Waals surface area contributed by atoms with Gasteiger partial charge in [-0.1, -0.05) is 6.07 Å². The number of hydrogen-bond acceptors (Lipinski definition) is 3. The highest BCUT2D eigenvalue weighted by Crippen LogP contribution is 1.94. The Bertz CT molecular complexity index is 324. The Kier molecular flexibility index (Phi) is 3.60. The lowest BCUT2D eigenvalue weighted by atomic mass is 10.2. The van der Waals surface area contributed by atoms with Gasteiger partial charge >= 0.3 is 11.9 Å². The second-order valence-corrected chi connectivity index (χ2v) is 2.67. The molecule has 0 radical (unpaired) electrons. The maximum atomic E-state index is 10.6.